The van der Waals surface area contributed by atoms with Gasteiger partial charge in [0.2, 0.25) is 10.0 Å². The highest BCUT2D eigenvalue weighted by Gasteiger charge is 2.32. The van der Waals surface area contributed by atoms with Crippen molar-refractivity contribution < 1.29 is 22.7 Å². The van der Waals surface area contributed by atoms with E-state index in [1.165, 1.54) is 28.6 Å². The van der Waals surface area contributed by atoms with Crippen LogP contribution in [0.25, 0.3) is 0 Å². The maximum Gasteiger partial charge on any atom is 0.255 e. The first-order chi connectivity index (χ1) is 13.3. The Labute approximate surface area is 165 Å². The van der Waals surface area contributed by atoms with E-state index in [0.29, 0.717) is 30.1 Å². The number of nitrogens with one attached hydrogen (secondary N) is 1. The number of nitrogens with zero attached hydrogens (tertiary/aromatic N) is 1. The Balaban J connectivity index is 1.74. The second-order valence-corrected chi connectivity index (χ2v) is 8.73. The fourth-order valence-electron chi connectivity index (χ4n) is 3.16. The summed E-state index contributed by atoms with van der Waals surface area (Å²) in [6, 6.07) is 12.9. The predicted molar refractivity (Wildman–Crippen MR) is 106 cm³/mol. The van der Waals surface area contributed by atoms with Crippen molar-refractivity contribution in [2.24, 2.45) is 0 Å². The summed E-state index contributed by atoms with van der Waals surface area (Å²) in [5.74, 6) is 0.305. The van der Waals surface area contributed by atoms with Gasteiger partial charge < -0.3 is 14.8 Å². The maximum atomic E-state index is 12.9. The van der Waals surface area contributed by atoms with E-state index in [1.807, 2.05) is 13.8 Å². The van der Waals surface area contributed by atoms with Gasteiger partial charge in [0.25, 0.3) is 5.91 Å². The fourth-order valence-corrected chi connectivity index (χ4v) is 4.75. The average molecular weight is 404 g/mol. The third-order valence-corrected chi connectivity index (χ3v) is 6.31. The normalized spacial score (nSPS) is 20.5. The van der Waals surface area contributed by atoms with Crippen LogP contribution in [0.3, 0.4) is 0 Å². The van der Waals surface area contributed by atoms with Crippen molar-refractivity contribution in [1.29, 1.82) is 0 Å². The molecule has 1 amide bonds. The number of sulfonamides is 1. The fraction of sp³-hybridized carbons (Fsp3) is 0.350. The van der Waals surface area contributed by atoms with E-state index in [4.69, 9.17) is 9.47 Å². The second kappa shape index (κ2) is 8.30. The summed E-state index contributed by atoms with van der Waals surface area (Å²) >= 11 is 0. The van der Waals surface area contributed by atoms with Gasteiger partial charge in [-0.25, -0.2) is 8.42 Å². The van der Waals surface area contributed by atoms with Crippen LogP contribution in [-0.4, -0.2) is 51.0 Å². The molecule has 2 aromatic carbocycles. The summed E-state index contributed by atoms with van der Waals surface area (Å²) < 4.78 is 37.9. The summed E-state index contributed by atoms with van der Waals surface area (Å²) in [5, 5.41) is 2.77. The molecule has 0 unspecified atom stereocenters. The molecule has 0 saturated carbocycles. The Morgan fingerprint density at radius 2 is 1.75 bits per heavy atom. The number of methoxy groups -OCH3 is 1. The first-order valence-corrected chi connectivity index (χ1v) is 10.4. The Morgan fingerprint density at radius 3 is 2.36 bits per heavy atom. The molecule has 2 aromatic rings. The average Bonchev–Trinajstić information content (AvgIpc) is 2.67. The number of carbonyl (C=O) groups excluding carboxylic acids is 1. The van der Waals surface area contributed by atoms with Gasteiger partial charge in [-0.15, -0.1) is 0 Å². The summed E-state index contributed by atoms with van der Waals surface area (Å²) in [6.45, 7) is 4.32. The molecule has 1 aliphatic heterocycles. The molecule has 28 heavy (non-hydrogen) atoms. The van der Waals surface area contributed by atoms with Crippen molar-refractivity contribution in [3.05, 3.63) is 54.1 Å². The molecule has 7 nitrogen and oxygen atoms in total. The van der Waals surface area contributed by atoms with Crippen LogP contribution < -0.4 is 10.1 Å². The van der Waals surface area contributed by atoms with E-state index in [9.17, 15) is 13.2 Å². The number of morpholine rings is 1. The molecule has 1 N–H and O–H groups in total. The first kappa shape index (κ1) is 20.3. The van der Waals surface area contributed by atoms with Crippen LogP contribution in [0.5, 0.6) is 5.75 Å². The summed E-state index contributed by atoms with van der Waals surface area (Å²) in [4.78, 5) is 12.6. The minimum absolute atomic E-state index is 0.159. The van der Waals surface area contributed by atoms with Crippen LogP contribution in [0.2, 0.25) is 0 Å². The molecule has 0 aliphatic carbocycles. The lowest BCUT2D eigenvalue weighted by Gasteiger charge is -2.34. The molecule has 1 fully saturated rings. The third kappa shape index (κ3) is 4.52. The first-order valence-electron chi connectivity index (χ1n) is 9.00. The Kier molecular flexibility index (Phi) is 6.02. The number of carbonyl (C=O) groups is 1. The molecule has 1 saturated heterocycles. The molecule has 150 valence electrons. The van der Waals surface area contributed by atoms with Gasteiger partial charge >= 0.3 is 0 Å². The lowest BCUT2D eigenvalue weighted by Crippen LogP contribution is -2.48. The largest absolute Gasteiger partial charge is 0.497 e. The van der Waals surface area contributed by atoms with Gasteiger partial charge in [0.15, 0.2) is 0 Å². The van der Waals surface area contributed by atoms with Crippen molar-refractivity contribution in [1.82, 2.24) is 4.31 Å². The minimum Gasteiger partial charge on any atom is -0.497 e. The summed E-state index contributed by atoms with van der Waals surface area (Å²) in [6.07, 6.45) is -0.321. The minimum atomic E-state index is -3.63. The van der Waals surface area contributed by atoms with Crippen LogP contribution >= 0.6 is 0 Å². The summed E-state index contributed by atoms with van der Waals surface area (Å²) in [5.41, 5.74) is 0.961. The zero-order chi connectivity index (χ0) is 20.3. The Bertz CT molecular complexity index is 933. The van der Waals surface area contributed by atoms with E-state index >= 15 is 0 Å². The lowest BCUT2D eigenvalue weighted by atomic mass is 10.2. The van der Waals surface area contributed by atoms with Crippen LogP contribution in [-0.2, 0) is 14.8 Å². The lowest BCUT2D eigenvalue weighted by molar-refractivity contribution is -0.0440. The van der Waals surface area contributed by atoms with Gasteiger partial charge in [0.1, 0.15) is 5.75 Å². The molecule has 8 heteroatoms. The number of amides is 1. The Morgan fingerprint density at radius 1 is 1.11 bits per heavy atom. The number of benzene rings is 2. The quantitative estimate of drug-likeness (QED) is 0.828. The van der Waals surface area contributed by atoms with Gasteiger partial charge in [-0.1, -0.05) is 6.07 Å². The van der Waals surface area contributed by atoms with Crippen LogP contribution in [0.4, 0.5) is 5.69 Å². The second-order valence-electron chi connectivity index (χ2n) is 6.79. The van der Waals surface area contributed by atoms with Gasteiger partial charge in [-0.3, -0.25) is 4.79 Å². The number of rotatable bonds is 5. The molecule has 3 rings (SSSR count). The third-order valence-electron chi connectivity index (χ3n) is 4.47. The molecule has 0 spiro atoms. The number of ether oxygens (including phenoxy) is 2. The zero-order valence-electron chi connectivity index (χ0n) is 16.1. The maximum absolute atomic E-state index is 12.9. The van der Waals surface area contributed by atoms with Crippen molar-refractivity contribution in [2.45, 2.75) is 31.0 Å². The topological polar surface area (TPSA) is 84.9 Å². The molecule has 0 aromatic heterocycles. The molecule has 2 atom stereocenters. The molecular formula is C20H24N2O5S. The SMILES string of the molecule is COc1cccc(NC(=O)c2ccc(S(=O)(=O)N3C[C@@H](C)O[C@H](C)C3)cc2)c1. The zero-order valence-corrected chi connectivity index (χ0v) is 16.9. The van der Waals surface area contributed by atoms with Gasteiger partial charge in [-0.2, -0.15) is 4.31 Å². The Hall–Kier alpha value is -2.42. The smallest absolute Gasteiger partial charge is 0.255 e. The standard InChI is InChI=1S/C20H24N2O5S/c1-14-12-22(13-15(2)27-14)28(24,25)19-9-7-16(8-10-19)20(23)21-17-5-4-6-18(11-17)26-3/h4-11,14-15H,12-13H2,1-3H3,(H,21,23)/t14-,15-/m1/s1. The number of anilines is 1. The van der Waals surface area contributed by atoms with Crippen molar-refractivity contribution in [3.8, 4) is 5.75 Å². The molecule has 1 heterocycles. The molecule has 0 radical (unpaired) electrons. The highest BCUT2D eigenvalue weighted by atomic mass is 32.2. The van der Waals surface area contributed by atoms with Crippen LogP contribution in [0.15, 0.2) is 53.4 Å². The highest BCUT2D eigenvalue weighted by molar-refractivity contribution is 7.89. The van der Waals surface area contributed by atoms with Crippen molar-refractivity contribution in [2.75, 3.05) is 25.5 Å². The highest BCUT2D eigenvalue weighted by Crippen LogP contribution is 2.22. The van der Waals surface area contributed by atoms with Gasteiger partial charge in [0, 0.05) is 30.4 Å². The summed E-state index contributed by atoms with van der Waals surface area (Å²) in [7, 11) is -2.08. The van der Waals surface area contributed by atoms with Crippen molar-refractivity contribution >= 4 is 21.6 Å². The number of hydrogen-bond acceptors (Lipinski definition) is 5. The van der Waals surface area contributed by atoms with Crippen LogP contribution in [0, 0.1) is 0 Å². The van der Waals surface area contributed by atoms with E-state index in [2.05, 4.69) is 5.32 Å². The van der Waals surface area contributed by atoms with Crippen LogP contribution in [0.1, 0.15) is 24.2 Å². The van der Waals surface area contributed by atoms with Gasteiger partial charge in [0.05, 0.1) is 24.2 Å². The molecular weight excluding hydrogens is 380 g/mol. The van der Waals surface area contributed by atoms with Crippen molar-refractivity contribution in [3.63, 3.8) is 0 Å². The van der Waals surface area contributed by atoms with E-state index in [1.54, 1.807) is 31.4 Å². The molecule has 1 aliphatic rings. The van der Waals surface area contributed by atoms with Gasteiger partial charge in [-0.05, 0) is 50.2 Å². The van der Waals surface area contributed by atoms with E-state index in [-0.39, 0.29) is 23.0 Å². The monoisotopic (exact) mass is 404 g/mol. The predicted octanol–water partition coefficient (Wildman–Crippen LogP) is 2.75. The molecule has 0 bridgehead atoms. The van der Waals surface area contributed by atoms with E-state index < -0.39 is 10.0 Å². The van der Waals surface area contributed by atoms with E-state index in [0.717, 1.165) is 0 Å². The number of hydrogen-bond donors (Lipinski definition) is 1.